The first kappa shape index (κ1) is 24.1. The molecule has 9 heteroatoms. The number of nitrogens with one attached hydrogen (secondary N) is 1. The van der Waals surface area contributed by atoms with Crippen LogP contribution in [0.3, 0.4) is 0 Å². The molecular weight excluding hydrogens is 564 g/mol. The van der Waals surface area contributed by atoms with Crippen LogP contribution in [-0.4, -0.2) is 23.8 Å². The largest absolute Gasteiger partial charge is 0.507 e. The Bertz CT molecular complexity index is 1150. The van der Waals surface area contributed by atoms with E-state index >= 15 is 0 Å². The molecule has 1 amide bonds. The second kappa shape index (κ2) is 11.4. The maximum atomic E-state index is 12.3. The summed E-state index contributed by atoms with van der Waals surface area (Å²) in [6.45, 7) is 2.59. The van der Waals surface area contributed by atoms with Gasteiger partial charge in [0, 0.05) is 15.1 Å². The predicted molar refractivity (Wildman–Crippen MR) is 132 cm³/mol. The number of hydrogen-bond acceptors (Lipinski definition) is 5. The number of carbonyl (C=O) groups excluding carboxylic acids is 1. The number of phenolic OH excluding ortho intramolecular Hbond substituents is 1. The smallest absolute Gasteiger partial charge is 0.275 e. The molecule has 0 heterocycles. The predicted octanol–water partition coefficient (Wildman–Crippen LogP) is 6.31. The van der Waals surface area contributed by atoms with Crippen molar-refractivity contribution in [2.45, 2.75) is 13.5 Å². The van der Waals surface area contributed by atoms with Crippen molar-refractivity contribution in [3.05, 3.63) is 85.3 Å². The van der Waals surface area contributed by atoms with E-state index in [2.05, 4.69) is 42.4 Å². The lowest BCUT2D eigenvalue weighted by molar-refractivity contribution is 0.0952. The number of hydrazone groups is 1. The number of hydrogen-bond donors (Lipinski definition) is 2. The number of ether oxygens (including phenoxy) is 2. The molecule has 0 aliphatic rings. The van der Waals surface area contributed by atoms with Gasteiger partial charge < -0.3 is 14.6 Å². The van der Waals surface area contributed by atoms with Crippen LogP contribution in [0.5, 0.6) is 17.2 Å². The third-order valence-electron chi connectivity index (χ3n) is 4.24. The van der Waals surface area contributed by atoms with Gasteiger partial charge in [0.1, 0.15) is 12.4 Å². The highest BCUT2D eigenvalue weighted by Crippen LogP contribution is 2.37. The first-order valence-electron chi connectivity index (χ1n) is 9.53. The van der Waals surface area contributed by atoms with Crippen LogP contribution in [-0.2, 0) is 6.61 Å². The van der Waals surface area contributed by atoms with Gasteiger partial charge in [-0.25, -0.2) is 5.43 Å². The van der Waals surface area contributed by atoms with Crippen molar-refractivity contribution in [3.8, 4) is 17.2 Å². The average Bonchev–Trinajstić information content (AvgIpc) is 2.76. The van der Waals surface area contributed by atoms with Gasteiger partial charge in [-0.05, 0) is 64.8 Å². The van der Waals surface area contributed by atoms with Crippen molar-refractivity contribution >= 4 is 55.6 Å². The SMILES string of the molecule is CCOc1cc(/C=N\NC(=O)c2cc(Br)ccc2O)cc(Br)c1OCc1ccccc1Cl. The molecule has 3 aromatic rings. The molecule has 0 radical (unpaired) electrons. The minimum Gasteiger partial charge on any atom is -0.507 e. The third-order valence-corrected chi connectivity index (χ3v) is 5.70. The van der Waals surface area contributed by atoms with Crippen molar-refractivity contribution in [3.63, 3.8) is 0 Å². The standard InChI is InChI=1S/C23H19Br2ClN2O4/c1-2-31-21-10-14(12-27-28-23(30)17-11-16(24)7-8-20(17)29)9-18(25)22(21)32-13-15-5-3-4-6-19(15)26/h3-12,29H,2,13H2,1H3,(H,28,30)/b27-12-. The molecule has 0 atom stereocenters. The Balaban J connectivity index is 1.75. The van der Waals surface area contributed by atoms with Gasteiger partial charge in [-0.15, -0.1) is 0 Å². The Morgan fingerprint density at radius 3 is 2.69 bits per heavy atom. The first-order chi connectivity index (χ1) is 15.4. The molecule has 3 aromatic carbocycles. The van der Waals surface area contributed by atoms with Crippen LogP contribution in [0, 0.1) is 0 Å². The van der Waals surface area contributed by atoms with Crippen LogP contribution in [0.4, 0.5) is 0 Å². The molecule has 0 spiro atoms. The molecule has 0 fully saturated rings. The monoisotopic (exact) mass is 580 g/mol. The Hall–Kier alpha value is -2.55. The van der Waals surface area contributed by atoms with Gasteiger partial charge >= 0.3 is 0 Å². The molecule has 32 heavy (non-hydrogen) atoms. The number of nitrogens with zero attached hydrogens (tertiary/aromatic N) is 1. The summed E-state index contributed by atoms with van der Waals surface area (Å²) < 4.78 is 13.0. The minimum absolute atomic E-state index is 0.107. The van der Waals surface area contributed by atoms with E-state index in [1.807, 2.05) is 25.1 Å². The summed E-state index contributed by atoms with van der Waals surface area (Å²) in [5, 5.41) is 14.5. The van der Waals surface area contributed by atoms with Crippen LogP contribution in [0.25, 0.3) is 0 Å². The number of halogens is 3. The molecule has 0 bridgehead atoms. The van der Waals surface area contributed by atoms with Gasteiger partial charge in [0.15, 0.2) is 11.5 Å². The van der Waals surface area contributed by atoms with Crippen LogP contribution in [0.15, 0.2) is 68.6 Å². The van der Waals surface area contributed by atoms with Crippen LogP contribution >= 0.6 is 43.5 Å². The number of carbonyl (C=O) groups is 1. The first-order valence-corrected chi connectivity index (χ1v) is 11.5. The topological polar surface area (TPSA) is 80.2 Å². The fourth-order valence-corrected chi connectivity index (χ4v) is 3.87. The van der Waals surface area contributed by atoms with Crippen LogP contribution in [0.1, 0.15) is 28.4 Å². The number of benzene rings is 3. The molecule has 0 saturated heterocycles. The zero-order valence-corrected chi connectivity index (χ0v) is 20.9. The summed E-state index contributed by atoms with van der Waals surface area (Å²) in [7, 11) is 0. The molecular formula is C23H19Br2ClN2O4. The zero-order chi connectivity index (χ0) is 23.1. The number of phenols is 1. The molecule has 0 aliphatic carbocycles. The summed E-state index contributed by atoms with van der Waals surface area (Å²) in [4.78, 5) is 12.3. The zero-order valence-electron chi connectivity index (χ0n) is 16.9. The van der Waals surface area contributed by atoms with Crippen molar-refractivity contribution in [1.29, 1.82) is 0 Å². The lowest BCUT2D eigenvalue weighted by Crippen LogP contribution is -2.17. The van der Waals surface area contributed by atoms with E-state index in [9.17, 15) is 9.90 Å². The van der Waals surface area contributed by atoms with E-state index in [0.717, 1.165) is 5.56 Å². The second-order valence-corrected chi connectivity index (χ2v) is 8.68. The van der Waals surface area contributed by atoms with Crippen LogP contribution in [0.2, 0.25) is 5.02 Å². The Kier molecular flexibility index (Phi) is 8.55. The highest BCUT2D eigenvalue weighted by atomic mass is 79.9. The normalized spacial score (nSPS) is 10.9. The maximum absolute atomic E-state index is 12.3. The number of amides is 1. The van der Waals surface area contributed by atoms with E-state index in [4.69, 9.17) is 21.1 Å². The molecule has 2 N–H and O–H groups in total. The number of aromatic hydroxyl groups is 1. The van der Waals surface area contributed by atoms with Gasteiger partial charge in [-0.2, -0.15) is 5.10 Å². The molecule has 0 aliphatic heterocycles. The van der Waals surface area contributed by atoms with Gasteiger partial charge in [0.05, 0.1) is 22.9 Å². The van der Waals surface area contributed by atoms with E-state index in [1.54, 1.807) is 24.3 Å². The molecule has 0 saturated carbocycles. The van der Waals surface area contributed by atoms with E-state index in [1.165, 1.54) is 18.3 Å². The van der Waals surface area contributed by atoms with Crippen molar-refractivity contribution in [2.24, 2.45) is 5.10 Å². The second-order valence-electron chi connectivity index (χ2n) is 6.50. The molecule has 6 nitrogen and oxygen atoms in total. The van der Waals surface area contributed by atoms with Crippen LogP contribution < -0.4 is 14.9 Å². The van der Waals surface area contributed by atoms with Crippen molar-refractivity contribution in [2.75, 3.05) is 6.61 Å². The minimum atomic E-state index is -0.538. The lowest BCUT2D eigenvalue weighted by Gasteiger charge is -2.15. The Morgan fingerprint density at radius 2 is 1.94 bits per heavy atom. The highest BCUT2D eigenvalue weighted by Gasteiger charge is 2.14. The van der Waals surface area contributed by atoms with Crippen molar-refractivity contribution < 1.29 is 19.4 Å². The summed E-state index contributed by atoms with van der Waals surface area (Å²) in [6.07, 6.45) is 1.47. The molecule has 3 rings (SSSR count). The fraction of sp³-hybridized carbons (Fsp3) is 0.130. The van der Waals surface area contributed by atoms with E-state index in [0.29, 0.717) is 37.6 Å². The summed E-state index contributed by atoms with van der Waals surface area (Å²) in [5.41, 5.74) is 4.03. The average molecular weight is 583 g/mol. The summed E-state index contributed by atoms with van der Waals surface area (Å²) in [5.74, 6) is 0.379. The Morgan fingerprint density at radius 1 is 1.16 bits per heavy atom. The molecule has 0 aromatic heterocycles. The van der Waals surface area contributed by atoms with Gasteiger partial charge in [-0.3, -0.25) is 4.79 Å². The van der Waals surface area contributed by atoms with Gasteiger partial charge in [-0.1, -0.05) is 45.7 Å². The van der Waals surface area contributed by atoms with Gasteiger partial charge in [0.2, 0.25) is 0 Å². The maximum Gasteiger partial charge on any atom is 0.275 e. The van der Waals surface area contributed by atoms with Crippen molar-refractivity contribution in [1.82, 2.24) is 5.43 Å². The number of rotatable bonds is 8. The van der Waals surface area contributed by atoms with Gasteiger partial charge in [0.25, 0.3) is 5.91 Å². The molecule has 0 unspecified atom stereocenters. The lowest BCUT2D eigenvalue weighted by atomic mass is 10.2. The Labute approximate surface area is 207 Å². The third kappa shape index (κ3) is 6.25. The fourth-order valence-electron chi connectivity index (χ4n) is 2.75. The summed E-state index contributed by atoms with van der Waals surface area (Å²) in [6, 6.07) is 15.6. The van der Waals surface area contributed by atoms with E-state index in [-0.39, 0.29) is 17.9 Å². The molecule has 166 valence electrons. The highest BCUT2D eigenvalue weighted by molar-refractivity contribution is 9.10. The summed E-state index contributed by atoms with van der Waals surface area (Å²) >= 11 is 13.0. The quantitative estimate of drug-likeness (QED) is 0.241. The van der Waals surface area contributed by atoms with E-state index < -0.39 is 5.91 Å².